The van der Waals surface area contributed by atoms with Crippen molar-refractivity contribution in [3.05, 3.63) is 52.2 Å². The highest BCUT2D eigenvalue weighted by molar-refractivity contribution is 7.90. The molecule has 1 heterocycles. The molecule has 0 aliphatic carbocycles. The normalized spacial score (nSPS) is 11.1. The lowest BCUT2D eigenvalue weighted by molar-refractivity contribution is -0.384. The van der Waals surface area contributed by atoms with Crippen molar-refractivity contribution in [2.24, 2.45) is 0 Å². The van der Waals surface area contributed by atoms with Crippen LogP contribution in [0.15, 0.2) is 41.3 Å². The molecule has 0 bridgehead atoms. The number of rotatable bonds is 7. The molecule has 0 saturated carbocycles. The molecule has 2 N–H and O–H groups in total. The fourth-order valence-electron chi connectivity index (χ4n) is 2.07. The van der Waals surface area contributed by atoms with Gasteiger partial charge in [-0.2, -0.15) is 0 Å². The summed E-state index contributed by atoms with van der Waals surface area (Å²) in [5.74, 6) is 0.721. The van der Waals surface area contributed by atoms with Gasteiger partial charge in [0.05, 0.1) is 9.82 Å². The Morgan fingerprint density at radius 3 is 2.50 bits per heavy atom. The summed E-state index contributed by atoms with van der Waals surface area (Å²) in [5, 5.41) is 17.2. The Hall–Kier alpha value is -2.68. The van der Waals surface area contributed by atoms with E-state index in [4.69, 9.17) is 0 Å². The van der Waals surface area contributed by atoms with Crippen molar-refractivity contribution >= 4 is 27.0 Å². The van der Waals surface area contributed by atoms with Crippen LogP contribution in [0.1, 0.15) is 5.69 Å². The van der Waals surface area contributed by atoms with Crippen molar-refractivity contribution in [1.82, 2.24) is 4.98 Å². The van der Waals surface area contributed by atoms with Crippen LogP contribution in [0.4, 0.5) is 17.2 Å². The SMILES string of the molecule is Cc1cccc(NCCNc2ccc(S(C)(=O)=O)cc2[N+](=O)[O-])n1. The van der Waals surface area contributed by atoms with Gasteiger partial charge in [0, 0.05) is 31.1 Å². The number of sulfone groups is 1. The van der Waals surface area contributed by atoms with Crippen LogP contribution in [0.2, 0.25) is 0 Å². The lowest BCUT2D eigenvalue weighted by Crippen LogP contribution is -2.15. The Labute approximate surface area is 140 Å². The molecule has 0 aliphatic heterocycles. The number of hydrogen-bond acceptors (Lipinski definition) is 7. The Kier molecular flexibility index (Phi) is 5.35. The molecule has 1 aromatic carbocycles. The summed E-state index contributed by atoms with van der Waals surface area (Å²) in [7, 11) is -3.49. The Morgan fingerprint density at radius 2 is 1.88 bits per heavy atom. The number of nitro groups is 1. The number of benzene rings is 1. The van der Waals surface area contributed by atoms with Gasteiger partial charge in [-0.05, 0) is 31.2 Å². The maximum Gasteiger partial charge on any atom is 0.293 e. The van der Waals surface area contributed by atoms with Crippen LogP contribution in [0.3, 0.4) is 0 Å². The third-order valence-corrected chi connectivity index (χ3v) is 4.34. The second kappa shape index (κ2) is 7.26. The molecule has 0 spiro atoms. The number of nitrogens with zero attached hydrogens (tertiary/aromatic N) is 2. The highest BCUT2D eigenvalue weighted by Crippen LogP contribution is 2.27. The van der Waals surface area contributed by atoms with E-state index in [9.17, 15) is 18.5 Å². The van der Waals surface area contributed by atoms with Crippen LogP contribution < -0.4 is 10.6 Å². The van der Waals surface area contributed by atoms with E-state index in [2.05, 4.69) is 15.6 Å². The van der Waals surface area contributed by atoms with Crippen LogP contribution in [-0.2, 0) is 9.84 Å². The minimum Gasteiger partial charge on any atom is -0.378 e. The van der Waals surface area contributed by atoms with Gasteiger partial charge in [-0.25, -0.2) is 13.4 Å². The van der Waals surface area contributed by atoms with Crippen molar-refractivity contribution < 1.29 is 13.3 Å². The zero-order chi connectivity index (χ0) is 17.7. The predicted octanol–water partition coefficient (Wildman–Crippen LogP) is 2.23. The predicted molar refractivity (Wildman–Crippen MR) is 92.2 cm³/mol. The topological polar surface area (TPSA) is 114 Å². The molecule has 128 valence electrons. The standard InChI is InChI=1S/C15H18N4O4S/c1-11-4-3-5-15(18-11)17-9-8-16-13-7-6-12(24(2,22)23)10-14(13)19(20)21/h3-7,10,16H,8-9H2,1-2H3,(H,17,18). The monoisotopic (exact) mass is 350 g/mol. The van der Waals surface area contributed by atoms with E-state index in [1.54, 1.807) is 0 Å². The van der Waals surface area contributed by atoms with Gasteiger partial charge in [-0.1, -0.05) is 6.07 Å². The summed E-state index contributed by atoms with van der Waals surface area (Å²) in [4.78, 5) is 14.7. The minimum absolute atomic E-state index is 0.0816. The first-order valence-electron chi connectivity index (χ1n) is 7.17. The number of nitro benzene ring substituents is 1. The van der Waals surface area contributed by atoms with E-state index in [-0.39, 0.29) is 16.3 Å². The molecular formula is C15H18N4O4S. The second-order valence-electron chi connectivity index (χ2n) is 5.23. The first kappa shape index (κ1) is 17.7. The molecule has 0 amide bonds. The van der Waals surface area contributed by atoms with Gasteiger partial charge in [0.1, 0.15) is 11.5 Å². The Morgan fingerprint density at radius 1 is 1.17 bits per heavy atom. The second-order valence-corrected chi connectivity index (χ2v) is 7.24. The molecule has 0 saturated heterocycles. The molecule has 0 unspecified atom stereocenters. The number of pyridine rings is 1. The van der Waals surface area contributed by atoms with Gasteiger partial charge in [0.2, 0.25) is 0 Å². The third kappa shape index (κ3) is 4.66. The molecular weight excluding hydrogens is 332 g/mol. The number of nitrogens with one attached hydrogen (secondary N) is 2. The first-order chi connectivity index (χ1) is 11.3. The van der Waals surface area contributed by atoms with Gasteiger partial charge >= 0.3 is 0 Å². The van der Waals surface area contributed by atoms with Crippen molar-refractivity contribution in [2.75, 3.05) is 30.0 Å². The van der Waals surface area contributed by atoms with Crippen molar-refractivity contribution in [3.8, 4) is 0 Å². The summed E-state index contributed by atoms with van der Waals surface area (Å²) >= 11 is 0. The molecule has 0 fully saturated rings. The van der Waals surface area contributed by atoms with Gasteiger partial charge in [0.15, 0.2) is 9.84 Å². The maximum absolute atomic E-state index is 11.5. The number of hydrogen-bond donors (Lipinski definition) is 2. The average molecular weight is 350 g/mol. The summed E-state index contributed by atoms with van der Waals surface area (Å²) in [5.41, 5.74) is 0.887. The largest absolute Gasteiger partial charge is 0.378 e. The van der Waals surface area contributed by atoms with Gasteiger partial charge in [-0.15, -0.1) is 0 Å². The van der Waals surface area contributed by atoms with E-state index in [0.717, 1.165) is 23.8 Å². The maximum atomic E-state index is 11.5. The molecule has 1 aromatic heterocycles. The fourth-order valence-corrected chi connectivity index (χ4v) is 2.71. The highest BCUT2D eigenvalue weighted by atomic mass is 32.2. The van der Waals surface area contributed by atoms with E-state index in [1.165, 1.54) is 12.1 Å². The van der Waals surface area contributed by atoms with E-state index in [1.807, 2.05) is 25.1 Å². The molecule has 0 aliphatic rings. The molecule has 0 radical (unpaired) electrons. The van der Waals surface area contributed by atoms with Crippen molar-refractivity contribution in [1.29, 1.82) is 0 Å². The van der Waals surface area contributed by atoms with Gasteiger partial charge in [-0.3, -0.25) is 10.1 Å². The van der Waals surface area contributed by atoms with Crippen LogP contribution >= 0.6 is 0 Å². The van der Waals surface area contributed by atoms with Gasteiger partial charge in [0.25, 0.3) is 5.69 Å². The summed E-state index contributed by atoms with van der Waals surface area (Å²) in [6, 6.07) is 9.41. The van der Waals surface area contributed by atoms with Crippen LogP contribution in [0.5, 0.6) is 0 Å². The quantitative estimate of drug-likeness (QED) is 0.447. The van der Waals surface area contributed by atoms with Crippen LogP contribution in [-0.4, -0.2) is 37.7 Å². The average Bonchev–Trinajstić information content (AvgIpc) is 2.50. The zero-order valence-electron chi connectivity index (χ0n) is 13.3. The number of aryl methyl sites for hydroxylation is 1. The van der Waals surface area contributed by atoms with Gasteiger partial charge < -0.3 is 10.6 Å². The molecule has 0 atom stereocenters. The fraction of sp³-hybridized carbons (Fsp3) is 0.267. The first-order valence-corrected chi connectivity index (χ1v) is 9.06. The summed E-state index contributed by atoms with van der Waals surface area (Å²) < 4.78 is 23.0. The van der Waals surface area contributed by atoms with E-state index >= 15 is 0 Å². The lowest BCUT2D eigenvalue weighted by Gasteiger charge is -2.10. The number of anilines is 2. The van der Waals surface area contributed by atoms with Crippen molar-refractivity contribution in [3.63, 3.8) is 0 Å². The van der Waals surface area contributed by atoms with E-state index in [0.29, 0.717) is 13.1 Å². The van der Waals surface area contributed by atoms with Crippen LogP contribution in [0.25, 0.3) is 0 Å². The molecule has 2 rings (SSSR count). The molecule has 24 heavy (non-hydrogen) atoms. The van der Waals surface area contributed by atoms with Crippen LogP contribution in [0, 0.1) is 17.0 Å². The highest BCUT2D eigenvalue weighted by Gasteiger charge is 2.18. The number of aromatic nitrogens is 1. The summed E-state index contributed by atoms with van der Waals surface area (Å²) in [6.07, 6.45) is 1.01. The zero-order valence-corrected chi connectivity index (χ0v) is 14.1. The third-order valence-electron chi connectivity index (χ3n) is 3.23. The molecule has 9 heteroatoms. The van der Waals surface area contributed by atoms with Crippen molar-refractivity contribution in [2.45, 2.75) is 11.8 Å². The Bertz CT molecular complexity index is 852. The molecule has 8 nitrogen and oxygen atoms in total. The smallest absolute Gasteiger partial charge is 0.293 e. The lowest BCUT2D eigenvalue weighted by atomic mass is 10.2. The Balaban J connectivity index is 2.03. The molecule has 2 aromatic rings. The van der Waals surface area contributed by atoms with E-state index < -0.39 is 14.8 Å². The summed E-state index contributed by atoms with van der Waals surface area (Å²) in [6.45, 7) is 2.80. The minimum atomic E-state index is -3.49.